The summed E-state index contributed by atoms with van der Waals surface area (Å²) < 4.78 is 1.49. The number of nitrogens with zero attached hydrogens (tertiary/aromatic N) is 2. The first kappa shape index (κ1) is 16.2. The molecule has 2 aromatic rings. The number of nitrogens with one attached hydrogen (secondary N) is 1. The quantitative estimate of drug-likeness (QED) is 0.891. The van der Waals surface area contributed by atoms with Gasteiger partial charge in [0.15, 0.2) is 0 Å². The van der Waals surface area contributed by atoms with Gasteiger partial charge in [0.05, 0.1) is 17.2 Å². The third-order valence-electron chi connectivity index (χ3n) is 3.66. The van der Waals surface area contributed by atoms with Crippen molar-refractivity contribution in [1.82, 2.24) is 14.9 Å². The minimum absolute atomic E-state index is 0.0430. The number of rotatable bonds is 6. The highest BCUT2D eigenvalue weighted by molar-refractivity contribution is 5.77. The summed E-state index contributed by atoms with van der Waals surface area (Å²) in [7, 11) is 0. The van der Waals surface area contributed by atoms with Gasteiger partial charge in [-0.3, -0.25) is 14.2 Å². The van der Waals surface area contributed by atoms with Gasteiger partial charge in [0.1, 0.15) is 0 Å². The minimum Gasteiger partial charge on any atom is -0.351 e. The second-order valence-corrected chi connectivity index (χ2v) is 6.19. The van der Waals surface area contributed by atoms with Crippen LogP contribution in [-0.2, 0) is 11.3 Å². The summed E-state index contributed by atoms with van der Waals surface area (Å²) in [6, 6.07) is 7.23. The maximum absolute atomic E-state index is 12.3. The van der Waals surface area contributed by atoms with Crippen molar-refractivity contribution in [1.29, 1.82) is 0 Å². The second kappa shape index (κ2) is 6.73. The fourth-order valence-electron chi connectivity index (χ4n) is 2.61. The van der Waals surface area contributed by atoms with Crippen LogP contribution in [0.5, 0.6) is 0 Å². The van der Waals surface area contributed by atoms with E-state index in [2.05, 4.69) is 17.2 Å². The Kier molecular flexibility index (Phi) is 4.96. The highest BCUT2D eigenvalue weighted by Gasteiger charge is 2.18. The zero-order valence-corrected chi connectivity index (χ0v) is 13.4. The van der Waals surface area contributed by atoms with Crippen molar-refractivity contribution in [2.24, 2.45) is 0 Å². The predicted molar refractivity (Wildman–Crippen MR) is 87.7 cm³/mol. The highest BCUT2D eigenvalue weighted by atomic mass is 16.2. The lowest BCUT2D eigenvalue weighted by Crippen LogP contribution is -2.43. The topological polar surface area (TPSA) is 64.0 Å². The van der Waals surface area contributed by atoms with Crippen molar-refractivity contribution in [2.75, 3.05) is 0 Å². The summed E-state index contributed by atoms with van der Waals surface area (Å²) in [5, 5.41) is 3.59. The maximum Gasteiger partial charge on any atom is 0.261 e. The van der Waals surface area contributed by atoms with E-state index in [-0.39, 0.29) is 23.4 Å². The molecule has 5 nitrogen and oxygen atoms in total. The Morgan fingerprint density at radius 2 is 2.05 bits per heavy atom. The number of para-hydroxylation sites is 1. The molecule has 0 bridgehead atoms. The summed E-state index contributed by atoms with van der Waals surface area (Å²) in [6.45, 7) is 6.45. The Morgan fingerprint density at radius 1 is 1.32 bits per heavy atom. The highest BCUT2D eigenvalue weighted by Crippen LogP contribution is 2.11. The van der Waals surface area contributed by atoms with Crippen molar-refractivity contribution in [3.63, 3.8) is 0 Å². The van der Waals surface area contributed by atoms with Gasteiger partial charge in [-0.15, -0.1) is 0 Å². The van der Waals surface area contributed by atoms with Crippen LogP contribution in [-0.4, -0.2) is 21.0 Å². The molecule has 1 amide bonds. The van der Waals surface area contributed by atoms with E-state index in [1.165, 1.54) is 10.9 Å². The first-order chi connectivity index (χ1) is 10.4. The van der Waals surface area contributed by atoms with Crippen molar-refractivity contribution >= 4 is 16.8 Å². The predicted octanol–water partition coefficient (Wildman–Crippen LogP) is 2.48. The molecule has 22 heavy (non-hydrogen) atoms. The van der Waals surface area contributed by atoms with Crippen LogP contribution >= 0.6 is 0 Å². The number of hydrogen-bond acceptors (Lipinski definition) is 3. The molecule has 0 saturated heterocycles. The van der Waals surface area contributed by atoms with Gasteiger partial charge in [-0.2, -0.15) is 0 Å². The molecule has 0 aliphatic rings. The van der Waals surface area contributed by atoms with Gasteiger partial charge >= 0.3 is 0 Å². The zero-order valence-electron chi connectivity index (χ0n) is 13.4. The monoisotopic (exact) mass is 301 g/mol. The van der Waals surface area contributed by atoms with Gasteiger partial charge < -0.3 is 5.32 Å². The van der Waals surface area contributed by atoms with Crippen LogP contribution in [0.3, 0.4) is 0 Å². The Hall–Kier alpha value is -2.17. The third-order valence-corrected chi connectivity index (χ3v) is 3.66. The molecule has 118 valence electrons. The van der Waals surface area contributed by atoms with E-state index in [1.807, 2.05) is 26.0 Å². The molecule has 1 aromatic heterocycles. The summed E-state index contributed by atoms with van der Waals surface area (Å²) in [4.78, 5) is 28.6. The molecular formula is C17H23N3O2. The zero-order chi connectivity index (χ0) is 16.2. The van der Waals surface area contributed by atoms with Crippen LogP contribution in [0.25, 0.3) is 10.9 Å². The molecule has 0 saturated carbocycles. The van der Waals surface area contributed by atoms with Gasteiger partial charge in [-0.05, 0) is 32.4 Å². The average molecular weight is 301 g/mol. The van der Waals surface area contributed by atoms with E-state index >= 15 is 0 Å². The van der Waals surface area contributed by atoms with Crippen molar-refractivity contribution in [3.8, 4) is 0 Å². The summed E-state index contributed by atoms with van der Waals surface area (Å²) in [6.07, 6.45) is 3.72. The van der Waals surface area contributed by atoms with Crippen molar-refractivity contribution in [2.45, 2.75) is 52.1 Å². The molecule has 1 N–H and O–H groups in total. The summed E-state index contributed by atoms with van der Waals surface area (Å²) >= 11 is 0. The standard InChI is InChI=1S/C17H23N3O2/c1-4-10-17(2,3)19-15(21)9-11-20-12-18-14-8-6-5-7-13(14)16(20)22/h5-8,12H,4,9-11H2,1-3H3,(H,19,21). The first-order valence-corrected chi connectivity index (χ1v) is 7.68. The summed E-state index contributed by atoms with van der Waals surface area (Å²) in [5.41, 5.74) is 0.363. The van der Waals surface area contributed by atoms with E-state index in [1.54, 1.807) is 12.1 Å². The smallest absolute Gasteiger partial charge is 0.261 e. The molecular weight excluding hydrogens is 278 g/mol. The fraction of sp³-hybridized carbons (Fsp3) is 0.471. The average Bonchev–Trinajstić information content (AvgIpc) is 2.46. The molecule has 0 spiro atoms. The molecule has 1 heterocycles. The first-order valence-electron chi connectivity index (χ1n) is 7.68. The van der Waals surface area contributed by atoms with Crippen LogP contribution in [0.15, 0.2) is 35.4 Å². The molecule has 5 heteroatoms. The van der Waals surface area contributed by atoms with E-state index in [0.717, 1.165) is 12.8 Å². The van der Waals surface area contributed by atoms with E-state index in [9.17, 15) is 9.59 Å². The number of carbonyl (C=O) groups is 1. The van der Waals surface area contributed by atoms with Gasteiger partial charge in [0.25, 0.3) is 5.56 Å². The van der Waals surface area contributed by atoms with E-state index < -0.39 is 0 Å². The molecule has 0 radical (unpaired) electrons. The van der Waals surface area contributed by atoms with Crippen LogP contribution in [0.4, 0.5) is 0 Å². The number of aromatic nitrogens is 2. The lowest BCUT2D eigenvalue weighted by molar-refractivity contribution is -0.123. The SMILES string of the molecule is CCCC(C)(C)NC(=O)CCn1cnc2ccccc2c1=O. The third kappa shape index (κ3) is 3.93. The second-order valence-electron chi connectivity index (χ2n) is 6.19. The largest absolute Gasteiger partial charge is 0.351 e. The number of carbonyl (C=O) groups excluding carboxylic acids is 1. The molecule has 2 rings (SSSR count). The lowest BCUT2D eigenvalue weighted by Gasteiger charge is -2.25. The number of hydrogen-bond donors (Lipinski definition) is 1. The van der Waals surface area contributed by atoms with Crippen LogP contribution in [0, 0.1) is 0 Å². The Labute approximate surface area is 130 Å². The van der Waals surface area contributed by atoms with Gasteiger partial charge in [0.2, 0.25) is 5.91 Å². The van der Waals surface area contributed by atoms with E-state index in [4.69, 9.17) is 0 Å². The van der Waals surface area contributed by atoms with Crippen molar-refractivity contribution in [3.05, 3.63) is 40.9 Å². The molecule has 0 aliphatic carbocycles. The fourth-order valence-corrected chi connectivity index (χ4v) is 2.61. The maximum atomic E-state index is 12.3. The van der Waals surface area contributed by atoms with Crippen LogP contribution < -0.4 is 10.9 Å². The van der Waals surface area contributed by atoms with E-state index in [0.29, 0.717) is 17.4 Å². The molecule has 0 atom stereocenters. The Balaban J connectivity index is 2.04. The lowest BCUT2D eigenvalue weighted by atomic mass is 9.99. The van der Waals surface area contributed by atoms with Gasteiger partial charge in [-0.1, -0.05) is 25.5 Å². The normalized spacial score (nSPS) is 11.6. The molecule has 1 aromatic carbocycles. The number of aryl methyl sites for hydroxylation is 1. The number of amides is 1. The number of fused-ring (bicyclic) bond motifs is 1. The minimum atomic E-state index is -0.210. The van der Waals surface area contributed by atoms with Gasteiger partial charge in [0, 0.05) is 18.5 Å². The van der Waals surface area contributed by atoms with Crippen molar-refractivity contribution < 1.29 is 4.79 Å². The Bertz CT molecular complexity index is 719. The molecule has 0 unspecified atom stereocenters. The number of benzene rings is 1. The Morgan fingerprint density at radius 3 is 2.77 bits per heavy atom. The summed E-state index contributed by atoms with van der Waals surface area (Å²) in [5.74, 6) is -0.0430. The van der Waals surface area contributed by atoms with Crippen LogP contribution in [0.2, 0.25) is 0 Å². The van der Waals surface area contributed by atoms with Crippen LogP contribution in [0.1, 0.15) is 40.0 Å². The van der Waals surface area contributed by atoms with Gasteiger partial charge in [-0.25, -0.2) is 4.98 Å². The molecule has 0 fully saturated rings. The molecule has 0 aliphatic heterocycles.